The molecular formula is C27H29N5O2S. The molecule has 0 bridgehead atoms. The Bertz CT molecular complexity index is 1320. The summed E-state index contributed by atoms with van der Waals surface area (Å²) in [5.41, 5.74) is 5.09. The predicted molar refractivity (Wildman–Crippen MR) is 137 cm³/mol. The molecule has 1 fully saturated rings. The maximum atomic E-state index is 13.2. The highest BCUT2D eigenvalue weighted by molar-refractivity contribution is 7.99. The normalized spacial score (nSPS) is 13.2. The number of thioether (sulfide) groups is 1. The van der Waals surface area contributed by atoms with Crippen LogP contribution in [0.15, 0.2) is 60.0 Å². The van der Waals surface area contributed by atoms with Gasteiger partial charge in [0.05, 0.1) is 12.9 Å². The molecule has 8 heteroatoms. The number of hydrogen-bond donors (Lipinski definition) is 0. The summed E-state index contributed by atoms with van der Waals surface area (Å²) in [6.45, 7) is 4.93. The zero-order chi connectivity index (χ0) is 24.4. The molecule has 1 aromatic carbocycles. The molecule has 3 aromatic heterocycles. The molecule has 1 saturated carbocycles. The Morgan fingerprint density at radius 2 is 1.94 bits per heavy atom. The molecule has 0 aliphatic heterocycles. The second-order valence-electron chi connectivity index (χ2n) is 8.90. The van der Waals surface area contributed by atoms with Crippen molar-refractivity contribution in [2.75, 3.05) is 12.9 Å². The summed E-state index contributed by atoms with van der Waals surface area (Å²) in [4.78, 5) is 17.4. The van der Waals surface area contributed by atoms with Crippen LogP contribution >= 0.6 is 11.8 Å². The number of hydrogen-bond acceptors (Lipinski definition) is 6. The van der Waals surface area contributed by atoms with E-state index < -0.39 is 0 Å². The van der Waals surface area contributed by atoms with Crippen LogP contribution in [0.1, 0.15) is 46.2 Å². The number of methoxy groups -OCH3 is 1. The van der Waals surface area contributed by atoms with Crippen molar-refractivity contribution >= 4 is 17.5 Å². The van der Waals surface area contributed by atoms with Crippen LogP contribution in [0, 0.1) is 13.8 Å². The molecule has 0 saturated heterocycles. The number of aromatic nitrogens is 5. The number of carbonyl (C=O) groups excluding carboxylic acids is 1. The molecule has 4 aromatic rings. The lowest BCUT2D eigenvalue weighted by Gasteiger charge is -2.11. The van der Waals surface area contributed by atoms with Crippen LogP contribution in [-0.2, 0) is 13.0 Å². The summed E-state index contributed by atoms with van der Waals surface area (Å²) >= 11 is 1.47. The van der Waals surface area contributed by atoms with Gasteiger partial charge in [0.1, 0.15) is 5.75 Å². The molecule has 0 unspecified atom stereocenters. The summed E-state index contributed by atoms with van der Waals surface area (Å²) < 4.78 is 9.65. The second kappa shape index (κ2) is 10.1. The highest BCUT2D eigenvalue weighted by Gasteiger charge is 2.30. The molecule has 0 spiro atoms. The predicted octanol–water partition coefficient (Wildman–Crippen LogP) is 5.32. The summed E-state index contributed by atoms with van der Waals surface area (Å²) in [6, 6.07) is 14.5. The molecule has 1 aliphatic rings. The number of ketones is 1. The van der Waals surface area contributed by atoms with E-state index in [0.29, 0.717) is 11.8 Å². The first-order chi connectivity index (χ1) is 17.0. The minimum atomic E-state index is 0.118. The van der Waals surface area contributed by atoms with E-state index in [1.54, 1.807) is 13.3 Å². The molecule has 5 rings (SSSR count). The fourth-order valence-electron chi connectivity index (χ4n) is 4.40. The van der Waals surface area contributed by atoms with E-state index in [4.69, 9.17) is 4.74 Å². The van der Waals surface area contributed by atoms with Crippen LogP contribution < -0.4 is 4.74 Å². The first kappa shape index (κ1) is 23.4. The summed E-state index contributed by atoms with van der Waals surface area (Å²) in [7, 11) is 1.67. The van der Waals surface area contributed by atoms with Crippen molar-refractivity contribution in [3.8, 4) is 17.1 Å². The maximum absolute atomic E-state index is 13.2. The summed E-state index contributed by atoms with van der Waals surface area (Å²) in [5.74, 6) is 2.14. The van der Waals surface area contributed by atoms with Crippen LogP contribution in [0.2, 0.25) is 0 Å². The molecular weight excluding hydrogens is 458 g/mol. The van der Waals surface area contributed by atoms with E-state index in [9.17, 15) is 4.79 Å². The molecule has 180 valence electrons. The lowest BCUT2D eigenvalue weighted by atomic mass is 10.1. The Balaban J connectivity index is 1.27. The van der Waals surface area contributed by atoms with Crippen LogP contribution in [0.5, 0.6) is 5.75 Å². The van der Waals surface area contributed by atoms with Crippen molar-refractivity contribution in [2.24, 2.45) is 0 Å². The van der Waals surface area contributed by atoms with Crippen molar-refractivity contribution < 1.29 is 9.53 Å². The molecule has 0 radical (unpaired) electrons. The van der Waals surface area contributed by atoms with E-state index in [1.807, 2.05) is 43.5 Å². The lowest BCUT2D eigenvalue weighted by Crippen LogP contribution is -2.09. The Morgan fingerprint density at radius 1 is 1.14 bits per heavy atom. The summed E-state index contributed by atoms with van der Waals surface area (Å²) in [6.07, 6.45) is 6.68. The zero-order valence-electron chi connectivity index (χ0n) is 20.3. The minimum absolute atomic E-state index is 0.118. The third-order valence-electron chi connectivity index (χ3n) is 6.49. The number of nitrogens with zero attached hydrogens (tertiary/aromatic N) is 5. The molecule has 0 atom stereocenters. The van der Waals surface area contributed by atoms with Crippen molar-refractivity contribution in [1.82, 2.24) is 24.3 Å². The van der Waals surface area contributed by atoms with E-state index >= 15 is 0 Å². The lowest BCUT2D eigenvalue weighted by molar-refractivity contribution is 0.102. The van der Waals surface area contributed by atoms with Gasteiger partial charge in [0.2, 0.25) is 0 Å². The van der Waals surface area contributed by atoms with Gasteiger partial charge in [-0.05, 0) is 69.0 Å². The molecule has 0 amide bonds. The van der Waals surface area contributed by atoms with Crippen LogP contribution in [0.3, 0.4) is 0 Å². The zero-order valence-corrected chi connectivity index (χ0v) is 21.1. The first-order valence-corrected chi connectivity index (χ1v) is 12.8. The van der Waals surface area contributed by atoms with Crippen LogP contribution in [-0.4, -0.2) is 43.0 Å². The fraction of sp³-hybridized carbons (Fsp3) is 0.333. The SMILES string of the molecule is COc1ccc(CCn2c(C)cc(C(=O)CSc3nnc(-c4cccnc4)n3C3CC3)c2C)cc1. The maximum Gasteiger partial charge on any atom is 0.192 e. The first-order valence-electron chi connectivity index (χ1n) is 11.9. The van der Waals surface area contributed by atoms with E-state index in [-0.39, 0.29) is 5.78 Å². The average Bonchev–Trinajstić information content (AvgIpc) is 3.57. The monoisotopic (exact) mass is 487 g/mol. The number of Topliss-reactive ketones (excluding diaryl/α,β-unsaturated/α-hetero) is 1. The van der Waals surface area contributed by atoms with Gasteiger partial charge in [0, 0.05) is 47.5 Å². The Morgan fingerprint density at radius 3 is 2.63 bits per heavy atom. The topological polar surface area (TPSA) is 74.8 Å². The highest BCUT2D eigenvalue weighted by atomic mass is 32.2. The number of benzene rings is 1. The molecule has 0 N–H and O–H groups in total. The number of rotatable bonds is 10. The van der Waals surface area contributed by atoms with Gasteiger partial charge in [-0.25, -0.2) is 0 Å². The van der Waals surface area contributed by atoms with Gasteiger partial charge in [-0.3, -0.25) is 14.3 Å². The van der Waals surface area contributed by atoms with Crippen LogP contribution in [0.25, 0.3) is 11.4 Å². The average molecular weight is 488 g/mol. The smallest absolute Gasteiger partial charge is 0.192 e. The van der Waals surface area contributed by atoms with Crippen molar-refractivity contribution in [1.29, 1.82) is 0 Å². The molecule has 7 nitrogen and oxygen atoms in total. The van der Waals surface area contributed by atoms with Gasteiger partial charge >= 0.3 is 0 Å². The van der Waals surface area contributed by atoms with Gasteiger partial charge in [0.25, 0.3) is 0 Å². The number of pyridine rings is 1. The third kappa shape index (κ3) is 5.03. The largest absolute Gasteiger partial charge is 0.497 e. The fourth-order valence-corrected chi connectivity index (χ4v) is 5.29. The van der Waals surface area contributed by atoms with Crippen LogP contribution in [0.4, 0.5) is 0 Å². The highest BCUT2D eigenvalue weighted by Crippen LogP contribution is 2.41. The van der Waals surface area contributed by atoms with Gasteiger partial charge in [-0.15, -0.1) is 10.2 Å². The van der Waals surface area contributed by atoms with Gasteiger partial charge < -0.3 is 9.30 Å². The molecule has 35 heavy (non-hydrogen) atoms. The number of ether oxygens (including phenoxy) is 1. The van der Waals surface area contributed by atoms with Gasteiger partial charge in [-0.1, -0.05) is 23.9 Å². The van der Waals surface area contributed by atoms with Gasteiger partial charge in [0.15, 0.2) is 16.8 Å². The van der Waals surface area contributed by atoms with Crippen molar-refractivity contribution in [3.05, 3.63) is 77.4 Å². The minimum Gasteiger partial charge on any atom is -0.497 e. The summed E-state index contributed by atoms with van der Waals surface area (Å²) in [5, 5.41) is 9.65. The second-order valence-corrected chi connectivity index (χ2v) is 9.84. The van der Waals surface area contributed by atoms with E-state index in [2.05, 4.69) is 43.4 Å². The van der Waals surface area contributed by atoms with E-state index in [0.717, 1.165) is 65.1 Å². The standard InChI is InChI=1S/C27H29N5O2S/c1-18-15-24(19(2)31(18)14-12-20-6-10-23(34-3)11-7-20)25(33)17-35-27-30-29-26(32(27)22-8-9-22)21-5-4-13-28-16-21/h4-7,10-11,13,15-16,22H,8-9,12,14,17H2,1-3H3. The Kier molecular flexibility index (Phi) is 6.72. The van der Waals surface area contributed by atoms with Gasteiger partial charge in [-0.2, -0.15) is 0 Å². The quantitative estimate of drug-likeness (QED) is 0.223. The number of aryl methyl sites for hydroxylation is 2. The third-order valence-corrected chi connectivity index (χ3v) is 7.43. The van der Waals surface area contributed by atoms with Crippen molar-refractivity contribution in [3.63, 3.8) is 0 Å². The Hall–Kier alpha value is -3.39. The molecule has 3 heterocycles. The number of carbonyl (C=O) groups is 1. The van der Waals surface area contributed by atoms with E-state index in [1.165, 1.54) is 17.3 Å². The van der Waals surface area contributed by atoms with Crippen molar-refractivity contribution in [2.45, 2.75) is 50.9 Å². The molecule has 1 aliphatic carbocycles. The Labute approximate surface area is 209 Å².